The number of benzene rings is 1. The van der Waals surface area contributed by atoms with E-state index in [1.165, 1.54) is 57.1 Å². The molecule has 1 aliphatic carbocycles. The third-order valence-electron chi connectivity index (χ3n) is 6.59. The van der Waals surface area contributed by atoms with Gasteiger partial charge >= 0.3 is 6.03 Å². The number of halogens is 1. The maximum Gasteiger partial charge on any atom is 0.319 e. The third-order valence-corrected chi connectivity index (χ3v) is 6.59. The van der Waals surface area contributed by atoms with Gasteiger partial charge in [-0.1, -0.05) is 19.3 Å². The van der Waals surface area contributed by atoms with Crippen molar-refractivity contribution >= 4 is 11.7 Å². The van der Waals surface area contributed by atoms with Gasteiger partial charge in [0.1, 0.15) is 5.82 Å². The van der Waals surface area contributed by atoms with Gasteiger partial charge in [-0.05, 0) is 62.8 Å². The molecule has 0 unspecified atom stereocenters. The number of amides is 2. The number of rotatable bonds is 4. The molecule has 2 aliphatic heterocycles. The number of urea groups is 1. The van der Waals surface area contributed by atoms with Crippen molar-refractivity contribution in [1.82, 2.24) is 10.2 Å². The molecule has 1 aromatic carbocycles. The Bertz CT molecular complexity index is 652. The Morgan fingerprint density at radius 3 is 2.50 bits per heavy atom. The highest BCUT2D eigenvalue weighted by Crippen LogP contribution is 2.42. The summed E-state index contributed by atoms with van der Waals surface area (Å²) in [4.78, 5) is 14.6. The van der Waals surface area contributed by atoms with Crippen LogP contribution in [0.5, 0.6) is 0 Å². The van der Waals surface area contributed by atoms with E-state index in [-0.39, 0.29) is 23.5 Å². The molecular weight excluding hydrogens is 357 g/mol. The molecule has 6 heteroatoms. The van der Waals surface area contributed by atoms with Crippen LogP contribution in [-0.4, -0.2) is 48.3 Å². The van der Waals surface area contributed by atoms with Crippen molar-refractivity contribution < 1.29 is 13.9 Å². The molecule has 0 aromatic heterocycles. The van der Waals surface area contributed by atoms with Crippen LogP contribution in [0.4, 0.5) is 14.9 Å². The number of anilines is 1. The molecule has 4 rings (SSSR count). The summed E-state index contributed by atoms with van der Waals surface area (Å²) in [6, 6.07) is 5.79. The highest BCUT2D eigenvalue weighted by atomic mass is 19.1. The van der Waals surface area contributed by atoms with E-state index >= 15 is 0 Å². The van der Waals surface area contributed by atoms with Gasteiger partial charge < -0.3 is 20.3 Å². The topological polar surface area (TPSA) is 53.6 Å². The average Bonchev–Trinajstić information content (AvgIpc) is 3.07. The van der Waals surface area contributed by atoms with E-state index in [4.69, 9.17) is 4.74 Å². The fourth-order valence-corrected chi connectivity index (χ4v) is 5.02. The molecule has 1 spiro atoms. The van der Waals surface area contributed by atoms with E-state index in [2.05, 4.69) is 15.5 Å². The fraction of sp³-hybridized carbons (Fsp3) is 0.682. The fourth-order valence-electron chi connectivity index (χ4n) is 5.02. The molecule has 5 nitrogen and oxygen atoms in total. The van der Waals surface area contributed by atoms with Gasteiger partial charge in [-0.2, -0.15) is 0 Å². The predicted octanol–water partition coefficient (Wildman–Crippen LogP) is 4.29. The molecule has 2 saturated heterocycles. The Morgan fingerprint density at radius 1 is 1.07 bits per heavy atom. The van der Waals surface area contributed by atoms with Crippen LogP contribution >= 0.6 is 0 Å². The van der Waals surface area contributed by atoms with Crippen molar-refractivity contribution in [3.05, 3.63) is 30.1 Å². The molecule has 0 bridgehead atoms. The minimum absolute atomic E-state index is 0.186. The number of nitrogens with one attached hydrogen (secondary N) is 2. The first kappa shape index (κ1) is 19.6. The zero-order valence-electron chi connectivity index (χ0n) is 16.6. The summed E-state index contributed by atoms with van der Waals surface area (Å²) in [7, 11) is 0. The average molecular weight is 390 g/mol. The number of hydrogen-bond donors (Lipinski definition) is 2. The first-order chi connectivity index (χ1) is 13.6. The predicted molar refractivity (Wildman–Crippen MR) is 108 cm³/mol. The summed E-state index contributed by atoms with van der Waals surface area (Å²) in [5.74, 6) is -0.307. The molecule has 2 N–H and O–H groups in total. The van der Waals surface area contributed by atoms with Crippen LogP contribution in [0, 0.1) is 5.82 Å². The van der Waals surface area contributed by atoms with Crippen molar-refractivity contribution in [2.45, 2.75) is 75.5 Å². The van der Waals surface area contributed by atoms with Crippen LogP contribution in [0.25, 0.3) is 0 Å². The van der Waals surface area contributed by atoms with Gasteiger partial charge in [-0.25, -0.2) is 9.18 Å². The van der Waals surface area contributed by atoms with E-state index in [1.54, 1.807) is 12.1 Å². The van der Waals surface area contributed by atoms with E-state index in [9.17, 15) is 9.18 Å². The van der Waals surface area contributed by atoms with Crippen LogP contribution in [0.1, 0.15) is 57.8 Å². The molecule has 1 atom stereocenters. The molecular formula is C22H32FN3O2. The third kappa shape index (κ3) is 5.03. The van der Waals surface area contributed by atoms with Gasteiger partial charge in [0.05, 0.1) is 11.7 Å². The van der Waals surface area contributed by atoms with Crippen molar-refractivity contribution in [2.75, 3.05) is 25.0 Å². The molecule has 28 heavy (non-hydrogen) atoms. The quantitative estimate of drug-likeness (QED) is 0.808. The van der Waals surface area contributed by atoms with Gasteiger partial charge in [0, 0.05) is 31.4 Å². The number of hydrogen-bond acceptors (Lipinski definition) is 3. The lowest BCUT2D eigenvalue weighted by atomic mass is 9.83. The van der Waals surface area contributed by atoms with Crippen LogP contribution in [-0.2, 0) is 4.74 Å². The van der Waals surface area contributed by atoms with Crippen molar-refractivity contribution in [2.24, 2.45) is 0 Å². The lowest BCUT2D eigenvalue weighted by Gasteiger charge is -2.36. The van der Waals surface area contributed by atoms with Crippen LogP contribution in [0.3, 0.4) is 0 Å². The lowest BCUT2D eigenvalue weighted by Crippen LogP contribution is -2.47. The normalized spacial score (nSPS) is 25.7. The van der Waals surface area contributed by atoms with E-state index in [0.29, 0.717) is 11.8 Å². The molecule has 1 aromatic rings. The van der Waals surface area contributed by atoms with Crippen molar-refractivity contribution in [3.63, 3.8) is 0 Å². The molecule has 1 saturated carbocycles. The number of piperidine rings is 1. The highest BCUT2D eigenvalue weighted by molar-refractivity contribution is 5.89. The Hall–Kier alpha value is -1.66. The summed E-state index contributed by atoms with van der Waals surface area (Å²) < 4.78 is 19.5. The SMILES string of the molecule is O=C(Nc1ccc(F)cc1)NC1CCN(C[C@@H]2CCC3(CCCCC3)O2)CC1. The molecule has 0 radical (unpaired) electrons. The summed E-state index contributed by atoms with van der Waals surface area (Å²) in [5, 5.41) is 5.81. The number of likely N-dealkylation sites (tertiary alicyclic amines) is 1. The summed E-state index contributed by atoms with van der Waals surface area (Å²) in [6.07, 6.45) is 11.2. The first-order valence-corrected chi connectivity index (χ1v) is 10.8. The summed E-state index contributed by atoms with van der Waals surface area (Å²) >= 11 is 0. The smallest absolute Gasteiger partial charge is 0.319 e. The molecule has 2 amide bonds. The number of carbonyl (C=O) groups excluding carboxylic acids is 1. The molecule has 154 valence electrons. The Morgan fingerprint density at radius 2 is 1.79 bits per heavy atom. The monoisotopic (exact) mass is 389 g/mol. The van der Waals surface area contributed by atoms with Crippen LogP contribution < -0.4 is 10.6 Å². The maximum atomic E-state index is 12.9. The zero-order valence-corrected chi connectivity index (χ0v) is 16.6. The van der Waals surface area contributed by atoms with E-state index < -0.39 is 0 Å². The number of carbonyl (C=O) groups is 1. The van der Waals surface area contributed by atoms with Crippen molar-refractivity contribution in [1.29, 1.82) is 0 Å². The molecule has 2 heterocycles. The highest BCUT2D eigenvalue weighted by Gasteiger charge is 2.41. The summed E-state index contributed by atoms with van der Waals surface area (Å²) in [5.41, 5.74) is 0.799. The van der Waals surface area contributed by atoms with Gasteiger partial charge in [-0.15, -0.1) is 0 Å². The molecule has 3 aliphatic rings. The Labute approximate surface area is 167 Å². The second-order valence-electron chi connectivity index (χ2n) is 8.70. The number of nitrogens with zero attached hydrogens (tertiary/aromatic N) is 1. The minimum Gasteiger partial charge on any atom is -0.370 e. The van der Waals surface area contributed by atoms with Crippen LogP contribution in [0.15, 0.2) is 24.3 Å². The zero-order chi connectivity index (χ0) is 19.4. The Balaban J connectivity index is 1.16. The van der Waals surface area contributed by atoms with Gasteiger partial charge in [0.15, 0.2) is 0 Å². The minimum atomic E-state index is -0.307. The van der Waals surface area contributed by atoms with E-state index in [1.807, 2.05) is 0 Å². The second-order valence-corrected chi connectivity index (χ2v) is 8.70. The molecule has 3 fully saturated rings. The van der Waals surface area contributed by atoms with Gasteiger partial charge in [0.2, 0.25) is 0 Å². The largest absolute Gasteiger partial charge is 0.370 e. The maximum absolute atomic E-state index is 12.9. The second kappa shape index (κ2) is 8.78. The number of ether oxygens (including phenoxy) is 1. The standard InChI is InChI=1S/C22H32FN3O2/c23-17-4-6-18(7-5-17)24-21(27)25-19-9-14-26(15-10-19)16-20-8-13-22(28-20)11-2-1-3-12-22/h4-7,19-20H,1-3,8-16H2,(H2,24,25,27)/t20-/m0/s1. The Kier molecular flexibility index (Phi) is 6.16. The van der Waals surface area contributed by atoms with E-state index in [0.717, 1.165) is 32.5 Å². The van der Waals surface area contributed by atoms with Crippen LogP contribution in [0.2, 0.25) is 0 Å². The van der Waals surface area contributed by atoms with Gasteiger partial charge in [-0.3, -0.25) is 0 Å². The summed E-state index contributed by atoms with van der Waals surface area (Å²) in [6.45, 7) is 3.01. The van der Waals surface area contributed by atoms with Gasteiger partial charge in [0.25, 0.3) is 0 Å². The first-order valence-electron chi connectivity index (χ1n) is 10.8. The lowest BCUT2D eigenvalue weighted by molar-refractivity contribution is -0.0731. The van der Waals surface area contributed by atoms with Crippen molar-refractivity contribution in [3.8, 4) is 0 Å².